The molecule has 174 valence electrons. The molecule has 0 fully saturated rings. The second kappa shape index (κ2) is 10.3. The lowest BCUT2D eigenvalue weighted by Gasteiger charge is -2.22. The summed E-state index contributed by atoms with van der Waals surface area (Å²) in [6, 6.07) is 17.1. The molecule has 1 heterocycles. The van der Waals surface area contributed by atoms with Crippen LogP contribution >= 0.6 is 15.9 Å². The topological polar surface area (TPSA) is 67.2 Å². The van der Waals surface area contributed by atoms with E-state index in [0.29, 0.717) is 17.9 Å². The van der Waals surface area contributed by atoms with Crippen molar-refractivity contribution in [3.63, 3.8) is 0 Å². The molecule has 2 amide bonds. The average molecular weight is 511 g/mol. The van der Waals surface area contributed by atoms with Gasteiger partial charge in [-0.05, 0) is 43.7 Å². The largest absolute Gasteiger partial charge is 0.329 e. The molecule has 0 atom stereocenters. The van der Waals surface area contributed by atoms with Crippen molar-refractivity contribution in [3.05, 3.63) is 75.9 Å². The van der Waals surface area contributed by atoms with Gasteiger partial charge in [0.1, 0.15) is 12.4 Å². The summed E-state index contributed by atoms with van der Waals surface area (Å²) in [7, 11) is 0. The first-order valence-electron chi connectivity index (χ1n) is 11.1. The number of hydrogen-bond donors (Lipinski definition) is 1. The summed E-state index contributed by atoms with van der Waals surface area (Å²) in [5.74, 6) is 0.149. The number of nitrogens with zero attached hydrogens (tertiary/aromatic N) is 3. The Morgan fingerprint density at radius 2 is 1.79 bits per heavy atom. The second-order valence-corrected chi connectivity index (χ2v) is 10.1. The van der Waals surface area contributed by atoms with Gasteiger partial charge < -0.3 is 10.2 Å². The molecule has 3 rings (SSSR count). The Morgan fingerprint density at radius 1 is 1.09 bits per heavy atom. The van der Waals surface area contributed by atoms with Crippen LogP contribution in [0.3, 0.4) is 0 Å². The number of anilines is 1. The number of aromatic nitrogens is 2. The molecule has 0 saturated heterocycles. The molecule has 0 saturated carbocycles. The van der Waals surface area contributed by atoms with Gasteiger partial charge in [0.25, 0.3) is 5.91 Å². The first-order chi connectivity index (χ1) is 15.6. The molecular formula is C26H31BrN4O2. The normalized spacial score (nSPS) is 11.3. The third kappa shape index (κ3) is 6.32. The molecule has 1 N–H and O–H groups in total. The third-order valence-electron chi connectivity index (χ3n) is 5.21. The molecule has 0 aliphatic rings. The number of aryl methyl sites for hydroxylation is 1. The van der Waals surface area contributed by atoms with Crippen molar-refractivity contribution in [1.82, 2.24) is 14.7 Å². The van der Waals surface area contributed by atoms with E-state index in [4.69, 9.17) is 5.10 Å². The minimum atomic E-state index is -0.263. The first-order valence-corrected chi connectivity index (χ1v) is 11.9. The number of rotatable bonds is 7. The molecule has 2 aromatic carbocycles. The maximum atomic E-state index is 13.0. The highest BCUT2D eigenvalue weighted by atomic mass is 79.9. The zero-order chi connectivity index (χ0) is 24.2. The van der Waals surface area contributed by atoms with Gasteiger partial charge in [0.2, 0.25) is 5.91 Å². The summed E-state index contributed by atoms with van der Waals surface area (Å²) in [5.41, 5.74) is 3.25. The minimum Gasteiger partial charge on any atom is -0.329 e. The van der Waals surface area contributed by atoms with Crippen LogP contribution in [0.1, 0.15) is 55.7 Å². The SMILES string of the molecule is CCCN(CC(=O)Nc1cc(C(C)(C)C)nn1-c1ccc(C)cc1)C(=O)c1cccc(Br)c1. The summed E-state index contributed by atoms with van der Waals surface area (Å²) in [5, 5.41) is 7.74. The van der Waals surface area contributed by atoms with Crippen LogP contribution < -0.4 is 5.32 Å². The van der Waals surface area contributed by atoms with Gasteiger partial charge in [-0.1, -0.05) is 67.4 Å². The molecule has 7 heteroatoms. The van der Waals surface area contributed by atoms with E-state index in [9.17, 15) is 9.59 Å². The Labute approximate surface area is 204 Å². The number of carbonyl (C=O) groups excluding carboxylic acids is 2. The van der Waals surface area contributed by atoms with E-state index in [1.165, 1.54) is 0 Å². The van der Waals surface area contributed by atoms with E-state index < -0.39 is 0 Å². The molecule has 6 nitrogen and oxygen atoms in total. The van der Waals surface area contributed by atoms with Crippen LogP contribution in [0.2, 0.25) is 0 Å². The highest BCUT2D eigenvalue weighted by Gasteiger charge is 2.23. The zero-order valence-corrected chi connectivity index (χ0v) is 21.4. The number of halogens is 1. The summed E-state index contributed by atoms with van der Waals surface area (Å²) in [4.78, 5) is 27.7. The highest BCUT2D eigenvalue weighted by molar-refractivity contribution is 9.10. The van der Waals surface area contributed by atoms with E-state index in [1.54, 1.807) is 21.7 Å². The predicted octanol–water partition coefficient (Wildman–Crippen LogP) is 5.73. The van der Waals surface area contributed by atoms with Crippen LogP contribution in [-0.4, -0.2) is 39.6 Å². The van der Waals surface area contributed by atoms with Crippen molar-refractivity contribution in [2.24, 2.45) is 0 Å². The lowest BCUT2D eigenvalue weighted by Crippen LogP contribution is -2.38. The number of hydrogen-bond acceptors (Lipinski definition) is 3. The number of nitrogens with one attached hydrogen (secondary N) is 1. The Hall–Kier alpha value is -2.93. The summed E-state index contributed by atoms with van der Waals surface area (Å²) in [6.07, 6.45) is 0.752. The Bertz CT molecular complexity index is 1130. The summed E-state index contributed by atoms with van der Waals surface area (Å²) in [6.45, 7) is 10.7. The molecule has 0 aliphatic carbocycles. The van der Waals surface area contributed by atoms with Crippen molar-refractivity contribution in [3.8, 4) is 5.69 Å². The Kier molecular flexibility index (Phi) is 7.74. The highest BCUT2D eigenvalue weighted by Crippen LogP contribution is 2.26. The predicted molar refractivity (Wildman–Crippen MR) is 136 cm³/mol. The molecule has 0 unspecified atom stereocenters. The maximum absolute atomic E-state index is 13.0. The van der Waals surface area contributed by atoms with Crippen molar-refractivity contribution < 1.29 is 9.59 Å². The maximum Gasteiger partial charge on any atom is 0.254 e. The smallest absolute Gasteiger partial charge is 0.254 e. The van der Waals surface area contributed by atoms with Gasteiger partial charge in [-0.3, -0.25) is 9.59 Å². The molecular weight excluding hydrogens is 480 g/mol. The number of carbonyl (C=O) groups is 2. The van der Waals surface area contributed by atoms with Gasteiger partial charge in [-0.25, -0.2) is 4.68 Å². The van der Waals surface area contributed by atoms with Crippen LogP contribution in [-0.2, 0) is 10.2 Å². The van der Waals surface area contributed by atoms with E-state index in [1.807, 2.05) is 56.3 Å². The van der Waals surface area contributed by atoms with Gasteiger partial charge in [-0.15, -0.1) is 0 Å². The van der Waals surface area contributed by atoms with E-state index >= 15 is 0 Å². The molecule has 1 aromatic heterocycles. The van der Waals surface area contributed by atoms with Gasteiger partial charge in [-0.2, -0.15) is 5.10 Å². The van der Waals surface area contributed by atoms with Crippen molar-refractivity contribution in [1.29, 1.82) is 0 Å². The monoisotopic (exact) mass is 510 g/mol. The fourth-order valence-corrected chi connectivity index (χ4v) is 3.80. The summed E-state index contributed by atoms with van der Waals surface area (Å²) >= 11 is 3.41. The molecule has 33 heavy (non-hydrogen) atoms. The van der Waals surface area contributed by atoms with Crippen LogP contribution in [0.4, 0.5) is 5.82 Å². The van der Waals surface area contributed by atoms with Crippen LogP contribution in [0.15, 0.2) is 59.1 Å². The average Bonchev–Trinajstić information content (AvgIpc) is 3.17. The van der Waals surface area contributed by atoms with E-state index in [-0.39, 0.29) is 23.8 Å². The molecule has 0 aliphatic heterocycles. The van der Waals surface area contributed by atoms with Gasteiger partial charge >= 0.3 is 0 Å². The van der Waals surface area contributed by atoms with E-state index in [2.05, 4.69) is 42.0 Å². The molecule has 0 spiro atoms. The van der Waals surface area contributed by atoms with Gasteiger partial charge in [0.15, 0.2) is 0 Å². The second-order valence-electron chi connectivity index (χ2n) is 9.20. The van der Waals surface area contributed by atoms with Crippen molar-refractivity contribution in [2.75, 3.05) is 18.4 Å². The fourth-order valence-electron chi connectivity index (χ4n) is 3.40. The molecule has 3 aromatic rings. The van der Waals surface area contributed by atoms with Crippen LogP contribution in [0.25, 0.3) is 5.69 Å². The van der Waals surface area contributed by atoms with E-state index in [0.717, 1.165) is 27.8 Å². The quantitative estimate of drug-likeness (QED) is 0.441. The zero-order valence-electron chi connectivity index (χ0n) is 19.9. The van der Waals surface area contributed by atoms with Crippen molar-refractivity contribution in [2.45, 2.75) is 46.5 Å². The molecule has 0 radical (unpaired) electrons. The first kappa shape index (κ1) is 24.7. The van der Waals surface area contributed by atoms with Gasteiger partial charge in [0, 0.05) is 28.1 Å². The standard InChI is InChI=1S/C26H31BrN4O2/c1-6-14-30(25(33)19-8-7-9-20(27)15-19)17-24(32)28-23-16-22(26(3,4)5)29-31(23)21-12-10-18(2)11-13-21/h7-13,15-16H,6,14,17H2,1-5H3,(H,28,32). The number of amides is 2. The number of benzene rings is 2. The molecule has 0 bridgehead atoms. The third-order valence-corrected chi connectivity index (χ3v) is 5.70. The van der Waals surface area contributed by atoms with Crippen LogP contribution in [0.5, 0.6) is 0 Å². The lowest BCUT2D eigenvalue weighted by molar-refractivity contribution is -0.116. The fraction of sp³-hybridized carbons (Fsp3) is 0.346. The summed E-state index contributed by atoms with van der Waals surface area (Å²) < 4.78 is 2.57. The Morgan fingerprint density at radius 3 is 2.39 bits per heavy atom. The lowest BCUT2D eigenvalue weighted by atomic mass is 9.92. The van der Waals surface area contributed by atoms with Gasteiger partial charge in [0.05, 0.1) is 11.4 Å². The Balaban J connectivity index is 1.85. The van der Waals surface area contributed by atoms with Crippen molar-refractivity contribution >= 4 is 33.6 Å². The minimum absolute atomic E-state index is 0.0386. The van der Waals surface area contributed by atoms with Crippen LogP contribution in [0, 0.1) is 6.92 Å².